The summed E-state index contributed by atoms with van der Waals surface area (Å²) >= 11 is 0. The third-order valence-corrected chi connectivity index (χ3v) is 5.95. The third kappa shape index (κ3) is 3.09. The maximum absolute atomic E-state index is 12.7. The van der Waals surface area contributed by atoms with Crippen molar-refractivity contribution < 1.29 is 9.59 Å². The zero-order chi connectivity index (χ0) is 18.3. The maximum atomic E-state index is 12.7. The number of carbonyl (C=O) groups is 2. The first-order chi connectivity index (χ1) is 12.5. The number of nitrogens with zero attached hydrogens (tertiary/aromatic N) is 2. The fourth-order valence-electron chi connectivity index (χ4n) is 4.11. The summed E-state index contributed by atoms with van der Waals surface area (Å²) in [5.74, 6) is 0.318. The molecule has 2 fully saturated rings. The molecule has 2 aromatic rings. The van der Waals surface area contributed by atoms with Crippen LogP contribution in [0.4, 0.5) is 5.69 Å². The number of piperidine rings is 1. The van der Waals surface area contributed by atoms with Crippen LogP contribution in [-0.4, -0.2) is 48.5 Å². The molecule has 1 aliphatic heterocycles. The SMILES string of the molecule is CN(C)C(=O)Cn1ccc2ccc(NC(=O)C3CC34CCNCC4)cc21. The van der Waals surface area contributed by atoms with Gasteiger partial charge >= 0.3 is 0 Å². The monoisotopic (exact) mass is 354 g/mol. The molecule has 26 heavy (non-hydrogen) atoms. The van der Waals surface area contributed by atoms with Gasteiger partial charge < -0.3 is 20.1 Å². The van der Waals surface area contributed by atoms with E-state index in [1.807, 2.05) is 35.0 Å². The number of amides is 2. The van der Waals surface area contributed by atoms with Gasteiger partial charge in [0.2, 0.25) is 11.8 Å². The number of fused-ring (bicyclic) bond motifs is 1. The molecule has 1 saturated carbocycles. The molecule has 6 heteroatoms. The Morgan fingerprint density at radius 3 is 2.77 bits per heavy atom. The van der Waals surface area contributed by atoms with Gasteiger partial charge in [0.1, 0.15) is 6.54 Å². The molecule has 1 aromatic heterocycles. The lowest BCUT2D eigenvalue weighted by atomic mass is 9.92. The summed E-state index contributed by atoms with van der Waals surface area (Å²) in [6.07, 6.45) is 5.12. The molecule has 1 saturated heterocycles. The average molecular weight is 354 g/mol. The highest BCUT2D eigenvalue weighted by molar-refractivity contribution is 5.97. The molecule has 1 aliphatic carbocycles. The molecule has 2 aliphatic rings. The predicted octanol–water partition coefficient (Wildman–Crippen LogP) is 2.06. The first-order valence-electron chi connectivity index (χ1n) is 9.29. The van der Waals surface area contributed by atoms with Crippen molar-refractivity contribution in [3.8, 4) is 0 Å². The van der Waals surface area contributed by atoms with Crippen LogP contribution in [0, 0.1) is 11.3 Å². The first kappa shape index (κ1) is 17.1. The molecular formula is C20H26N4O2. The van der Waals surface area contributed by atoms with Gasteiger partial charge in [-0.2, -0.15) is 0 Å². The van der Waals surface area contributed by atoms with E-state index in [0.29, 0.717) is 6.54 Å². The van der Waals surface area contributed by atoms with Gasteiger partial charge in [-0.1, -0.05) is 6.07 Å². The summed E-state index contributed by atoms with van der Waals surface area (Å²) in [6, 6.07) is 7.90. The summed E-state index contributed by atoms with van der Waals surface area (Å²) in [4.78, 5) is 26.3. The Hall–Kier alpha value is -2.34. The van der Waals surface area contributed by atoms with Gasteiger partial charge in [0.25, 0.3) is 0 Å². The normalized spacial score (nSPS) is 20.9. The van der Waals surface area contributed by atoms with Gasteiger partial charge in [-0.3, -0.25) is 9.59 Å². The first-order valence-corrected chi connectivity index (χ1v) is 9.29. The van der Waals surface area contributed by atoms with Crippen LogP contribution in [0.15, 0.2) is 30.5 Å². The van der Waals surface area contributed by atoms with E-state index in [-0.39, 0.29) is 23.1 Å². The number of carbonyl (C=O) groups excluding carboxylic acids is 2. The van der Waals surface area contributed by atoms with Crippen LogP contribution in [0.5, 0.6) is 0 Å². The molecule has 1 spiro atoms. The lowest BCUT2D eigenvalue weighted by molar-refractivity contribution is -0.129. The van der Waals surface area contributed by atoms with Gasteiger partial charge in [0.05, 0.1) is 5.52 Å². The second-order valence-electron chi connectivity index (χ2n) is 7.86. The van der Waals surface area contributed by atoms with E-state index < -0.39 is 0 Å². The quantitative estimate of drug-likeness (QED) is 0.883. The van der Waals surface area contributed by atoms with E-state index >= 15 is 0 Å². The van der Waals surface area contributed by atoms with Crippen molar-refractivity contribution >= 4 is 28.4 Å². The Morgan fingerprint density at radius 1 is 1.27 bits per heavy atom. The molecular weight excluding hydrogens is 328 g/mol. The molecule has 2 N–H and O–H groups in total. The van der Waals surface area contributed by atoms with Gasteiger partial charge in [-0.05, 0) is 61.4 Å². The van der Waals surface area contributed by atoms with Crippen molar-refractivity contribution in [3.05, 3.63) is 30.5 Å². The fraction of sp³-hybridized carbons (Fsp3) is 0.500. The zero-order valence-corrected chi connectivity index (χ0v) is 15.4. The van der Waals surface area contributed by atoms with E-state index in [1.165, 1.54) is 0 Å². The average Bonchev–Trinajstić information content (AvgIpc) is 3.17. The largest absolute Gasteiger partial charge is 0.347 e. The smallest absolute Gasteiger partial charge is 0.241 e. The minimum atomic E-state index is 0.0442. The lowest BCUT2D eigenvalue weighted by Gasteiger charge is -2.23. The van der Waals surface area contributed by atoms with Crippen LogP contribution in [-0.2, 0) is 16.1 Å². The van der Waals surface area contributed by atoms with E-state index in [1.54, 1.807) is 19.0 Å². The molecule has 6 nitrogen and oxygen atoms in total. The molecule has 2 amide bonds. The maximum Gasteiger partial charge on any atom is 0.241 e. The molecule has 138 valence electrons. The zero-order valence-electron chi connectivity index (χ0n) is 15.4. The highest BCUT2D eigenvalue weighted by atomic mass is 16.2. The predicted molar refractivity (Wildman–Crippen MR) is 102 cm³/mol. The highest BCUT2D eigenvalue weighted by Crippen LogP contribution is 2.58. The van der Waals surface area contributed by atoms with E-state index in [9.17, 15) is 9.59 Å². The van der Waals surface area contributed by atoms with Crippen molar-refractivity contribution in [2.24, 2.45) is 11.3 Å². The van der Waals surface area contributed by atoms with E-state index in [0.717, 1.165) is 48.9 Å². The van der Waals surface area contributed by atoms with Gasteiger partial charge in [-0.15, -0.1) is 0 Å². The summed E-state index contributed by atoms with van der Waals surface area (Å²) in [7, 11) is 3.51. The van der Waals surface area contributed by atoms with Crippen molar-refractivity contribution in [3.63, 3.8) is 0 Å². The lowest BCUT2D eigenvalue weighted by Crippen LogP contribution is -2.31. The number of hydrogen-bond acceptors (Lipinski definition) is 3. The van der Waals surface area contributed by atoms with Crippen LogP contribution in [0.25, 0.3) is 10.9 Å². The topological polar surface area (TPSA) is 66.4 Å². The number of likely N-dealkylation sites (N-methyl/N-ethyl adjacent to an activating group) is 1. The van der Waals surface area contributed by atoms with Gasteiger partial charge in [0, 0.05) is 31.9 Å². The number of rotatable bonds is 4. The van der Waals surface area contributed by atoms with E-state index in [2.05, 4.69) is 10.6 Å². The number of aromatic nitrogens is 1. The van der Waals surface area contributed by atoms with Crippen LogP contribution in [0.1, 0.15) is 19.3 Å². The summed E-state index contributed by atoms with van der Waals surface area (Å²) in [5.41, 5.74) is 2.00. The Balaban J connectivity index is 1.49. The minimum Gasteiger partial charge on any atom is -0.347 e. The Morgan fingerprint density at radius 2 is 2.04 bits per heavy atom. The number of nitrogens with one attached hydrogen (secondary N) is 2. The van der Waals surface area contributed by atoms with Crippen LogP contribution in [0.2, 0.25) is 0 Å². The minimum absolute atomic E-state index is 0.0442. The number of benzene rings is 1. The van der Waals surface area contributed by atoms with Crippen molar-refractivity contribution in [1.29, 1.82) is 0 Å². The van der Waals surface area contributed by atoms with Crippen LogP contribution in [0.3, 0.4) is 0 Å². The van der Waals surface area contributed by atoms with Crippen molar-refractivity contribution in [1.82, 2.24) is 14.8 Å². The Bertz CT molecular complexity index is 849. The van der Waals surface area contributed by atoms with Crippen molar-refractivity contribution in [2.45, 2.75) is 25.8 Å². The third-order valence-electron chi connectivity index (χ3n) is 5.95. The van der Waals surface area contributed by atoms with Crippen molar-refractivity contribution in [2.75, 3.05) is 32.5 Å². The molecule has 0 radical (unpaired) electrons. The number of anilines is 1. The molecule has 4 rings (SSSR count). The molecule has 1 atom stereocenters. The molecule has 0 bridgehead atoms. The Labute approximate surface area is 153 Å². The highest BCUT2D eigenvalue weighted by Gasteiger charge is 2.57. The Kier molecular flexibility index (Phi) is 4.23. The summed E-state index contributed by atoms with van der Waals surface area (Å²) in [6.45, 7) is 2.33. The second-order valence-corrected chi connectivity index (χ2v) is 7.86. The summed E-state index contributed by atoms with van der Waals surface area (Å²) in [5, 5.41) is 7.53. The van der Waals surface area contributed by atoms with Gasteiger partial charge in [0.15, 0.2) is 0 Å². The standard InChI is InChI=1S/C20H26N4O2/c1-23(2)18(25)13-24-10-5-14-3-4-15(11-17(14)24)22-19(26)16-12-20(16)6-8-21-9-7-20/h3-5,10-11,16,21H,6-9,12-13H2,1-2H3,(H,22,26). The van der Waals surface area contributed by atoms with Gasteiger partial charge in [-0.25, -0.2) is 0 Å². The molecule has 1 unspecified atom stereocenters. The van der Waals surface area contributed by atoms with Crippen LogP contribution < -0.4 is 10.6 Å². The molecule has 1 aromatic carbocycles. The second kappa shape index (κ2) is 6.43. The molecule has 2 heterocycles. The van der Waals surface area contributed by atoms with Crippen LogP contribution >= 0.6 is 0 Å². The fourth-order valence-corrected chi connectivity index (χ4v) is 4.11. The number of hydrogen-bond donors (Lipinski definition) is 2. The van der Waals surface area contributed by atoms with E-state index in [4.69, 9.17) is 0 Å². The summed E-state index contributed by atoms with van der Waals surface area (Å²) < 4.78 is 1.93.